The number of hydrogen-bond donors (Lipinski definition) is 2. The molecule has 0 spiro atoms. The average Bonchev–Trinajstić information content (AvgIpc) is 2.57. The third-order valence-electron chi connectivity index (χ3n) is 4.46. The van der Waals surface area contributed by atoms with Gasteiger partial charge in [0.05, 0.1) is 6.10 Å². The molecule has 2 rings (SSSR count). The van der Waals surface area contributed by atoms with E-state index in [0.29, 0.717) is 6.54 Å². The lowest BCUT2D eigenvalue weighted by molar-refractivity contribution is -0.00463. The first-order chi connectivity index (χ1) is 8.39. The van der Waals surface area contributed by atoms with E-state index in [9.17, 15) is 5.11 Å². The van der Waals surface area contributed by atoms with E-state index < -0.39 is 0 Å². The maximum absolute atomic E-state index is 10.6. The van der Waals surface area contributed by atoms with Crippen LogP contribution in [0, 0.1) is 10.8 Å². The van der Waals surface area contributed by atoms with Gasteiger partial charge >= 0.3 is 0 Å². The molecule has 3 heteroatoms. The van der Waals surface area contributed by atoms with Gasteiger partial charge < -0.3 is 10.8 Å². The number of halogens is 1. The van der Waals surface area contributed by atoms with E-state index >= 15 is 0 Å². The van der Waals surface area contributed by atoms with Crippen LogP contribution in [0.25, 0.3) is 0 Å². The van der Waals surface area contributed by atoms with Crippen LogP contribution in [0.1, 0.15) is 32.3 Å². The van der Waals surface area contributed by atoms with Crippen molar-refractivity contribution in [3.63, 3.8) is 0 Å². The lowest BCUT2D eigenvalue weighted by Gasteiger charge is -2.36. The maximum atomic E-state index is 10.6. The van der Waals surface area contributed by atoms with Gasteiger partial charge in [-0.05, 0) is 42.4 Å². The van der Waals surface area contributed by atoms with Crippen molar-refractivity contribution in [2.24, 2.45) is 16.6 Å². The zero-order valence-electron chi connectivity index (χ0n) is 11.1. The number of aliphatic hydroxyl groups is 1. The fourth-order valence-electron chi connectivity index (χ4n) is 3.15. The predicted octanol–water partition coefficient (Wildman–Crippen LogP) is 3.01. The van der Waals surface area contributed by atoms with Gasteiger partial charge in [0.2, 0.25) is 0 Å². The van der Waals surface area contributed by atoms with E-state index in [1.165, 1.54) is 5.56 Å². The van der Waals surface area contributed by atoms with Crippen molar-refractivity contribution < 1.29 is 5.11 Å². The van der Waals surface area contributed by atoms with Gasteiger partial charge in [0.1, 0.15) is 0 Å². The van der Waals surface area contributed by atoms with Crippen LogP contribution in [0.4, 0.5) is 0 Å². The Morgan fingerprint density at radius 2 is 1.89 bits per heavy atom. The van der Waals surface area contributed by atoms with Gasteiger partial charge in [0, 0.05) is 17.0 Å². The number of nitrogens with two attached hydrogens (primary N) is 1. The molecule has 1 aliphatic rings. The normalized spacial score (nSPS) is 30.6. The number of benzene rings is 1. The van der Waals surface area contributed by atoms with Crippen molar-refractivity contribution in [3.8, 4) is 0 Å². The van der Waals surface area contributed by atoms with Crippen molar-refractivity contribution in [2.75, 3.05) is 6.54 Å². The summed E-state index contributed by atoms with van der Waals surface area (Å²) in [4.78, 5) is 0. The molecule has 0 bridgehead atoms. The van der Waals surface area contributed by atoms with E-state index in [4.69, 9.17) is 17.3 Å². The minimum atomic E-state index is -0.342. The molecule has 0 saturated heterocycles. The maximum Gasteiger partial charge on any atom is 0.0662 e. The van der Waals surface area contributed by atoms with E-state index in [-0.39, 0.29) is 16.9 Å². The molecule has 0 amide bonds. The third kappa shape index (κ3) is 2.42. The lowest BCUT2D eigenvalue weighted by atomic mass is 9.74. The number of aliphatic hydroxyl groups excluding tert-OH is 1. The highest BCUT2D eigenvalue weighted by Gasteiger charge is 2.50. The molecule has 2 nitrogen and oxygen atoms in total. The van der Waals surface area contributed by atoms with Crippen LogP contribution in [0.3, 0.4) is 0 Å². The fourth-order valence-corrected chi connectivity index (χ4v) is 3.28. The first-order valence-corrected chi connectivity index (χ1v) is 6.90. The van der Waals surface area contributed by atoms with Crippen LogP contribution in [0.5, 0.6) is 0 Å². The zero-order valence-corrected chi connectivity index (χ0v) is 11.9. The Labute approximate surface area is 114 Å². The molecule has 0 heterocycles. The summed E-state index contributed by atoms with van der Waals surface area (Å²) >= 11 is 5.90. The number of hydrogen-bond acceptors (Lipinski definition) is 2. The molecule has 1 aromatic rings. The van der Waals surface area contributed by atoms with E-state index in [0.717, 1.165) is 24.3 Å². The first-order valence-electron chi connectivity index (χ1n) is 6.52. The minimum absolute atomic E-state index is 0.0359. The Hall–Kier alpha value is -0.570. The smallest absolute Gasteiger partial charge is 0.0662 e. The Balaban J connectivity index is 2.22. The highest BCUT2D eigenvalue weighted by molar-refractivity contribution is 6.30. The zero-order chi connectivity index (χ0) is 13.4. The predicted molar refractivity (Wildman–Crippen MR) is 75.7 cm³/mol. The molecule has 1 aliphatic carbocycles. The summed E-state index contributed by atoms with van der Waals surface area (Å²) < 4.78 is 0. The Morgan fingerprint density at radius 1 is 1.28 bits per heavy atom. The number of rotatable bonds is 3. The molecule has 0 radical (unpaired) electrons. The molecular formula is C15H22ClNO. The molecule has 100 valence electrons. The van der Waals surface area contributed by atoms with Crippen molar-refractivity contribution in [1.29, 1.82) is 0 Å². The molecule has 2 unspecified atom stereocenters. The van der Waals surface area contributed by atoms with Gasteiger partial charge in [-0.1, -0.05) is 37.6 Å². The second kappa shape index (κ2) is 4.84. The quantitative estimate of drug-likeness (QED) is 0.884. The van der Waals surface area contributed by atoms with Crippen LogP contribution in [0.2, 0.25) is 5.02 Å². The summed E-state index contributed by atoms with van der Waals surface area (Å²) in [7, 11) is 0. The highest BCUT2D eigenvalue weighted by atomic mass is 35.5. The van der Waals surface area contributed by atoms with Crippen molar-refractivity contribution in [3.05, 3.63) is 34.9 Å². The van der Waals surface area contributed by atoms with Crippen LogP contribution in [0.15, 0.2) is 24.3 Å². The minimum Gasteiger partial charge on any atom is -0.392 e. The molecule has 3 N–H and O–H groups in total. The van der Waals surface area contributed by atoms with Gasteiger partial charge in [-0.2, -0.15) is 0 Å². The standard InChI is InChI=1S/C15H22ClNO/c1-14(2)7-8-15(10-17,13(14)18)9-11-3-5-12(16)6-4-11/h3-6,13,18H,7-10,17H2,1-2H3. The summed E-state index contributed by atoms with van der Waals surface area (Å²) in [6.45, 7) is 4.77. The van der Waals surface area contributed by atoms with Crippen LogP contribution in [-0.2, 0) is 6.42 Å². The topological polar surface area (TPSA) is 46.2 Å². The lowest BCUT2D eigenvalue weighted by Crippen LogP contribution is -2.44. The third-order valence-corrected chi connectivity index (χ3v) is 4.72. The van der Waals surface area contributed by atoms with Crippen LogP contribution < -0.4 is 5.73 Å². The molecule has 1 aromatic carbocycles. The van der Waals surface area contributed by atoms with Gasteiger partial charge in [0.25, 0.3) is 0 Å². The van der Waals surface area contributed by atoms with Crippen molar-refractivity contribution in [2.45, 2.75) is 39.2 Å². The van der Waals surface area contributed by atoms with E-state index in [1.54, 1.807) is 0 Å². The molecule has 18 heavy (non-hydrogen) atoms. The second-order valence-corrected chi connectivity index (χ2v) is 6.70. The van der Waals surface area contributed by atoms with Gasteiger partial charge in [-0.3, -0.25) is 0 Å². The average molecular weight is 268 g/mol. The molecule has 0 aromatic heterocycles. The Kier molecular flexibility index (Phi) is 3.72. The summed E-state index contributed by atoms with van der Waals surface area (Å²) in [5.74, 6) is 0. The Bertz CT molecular complexity index is 415. The van der Waals surface area contributed by atoms with Gasteiger partial charge in [0.15, 0.2) is 0 Å². The van der Waals surface area contributed by atoms with Crippen molar-refractivity contribution >= 4 is 11.6 Å². The van der Waals surface area contributed by atoms with Gasteiger partial charge in [-0.15, -0.1) is 0 Å². The summed E-state index contributed by atoms with van der Waals surface area (Å²) in [5.41, 5.74) is 6.95. The summed E-state index contributed by atoms with van der Waals surface area (Å²) in [5, 5.41) is 11.3. The molecule has 2 atom stereocenters. The van der Waals surface area contributed by atoms with E-state index in [1.807, 2.05) is 24.3 Å². The highest BCUT2D eigenvalue weighted by Crippen LogP contribution is 2.50. The van der Waals surface area contributed by atoms with Crippen molar-refractivity contribution in [1.82, 2.24) is 0 Å². The Morgan fingerprint density at radius 3 is 2.33 bits per heavy atom. The molecule has 1 saturated carbocycles. The first kappa shape index (κ1) is 13.9. The van der Waals surface area contributed by atoms with Crippen LogP contribution in [-0.4, -0.2) is 17.8 Å². The molecular weight excluding hydrogens is 246 g/mol. The van der Waals surface area contributed by atoms with Gasteiger partial charge in [-0.25, -0.2) is 0 Å². The monoisotopic (exact) mass is 267 g/mol. The molecule has 0 aliphatic heterocycles. The summed E-state index contributed by atoms with van der Waals surface area (Å²) in [6, 6.07) is 7.84. The fraction of sp³-hybridized carbons (Fsp3) is 0.600. The molecule has 1 fully saturated rings. The second-order valence-electron chi connectivity index (χ2n) is 6.26. The van der Waals surface area contributed by atoms with E-state index in [2.05, 4.69) is 13.8 Å². The largest absolute Gasteiger partial charge is 0.392 e. The van der Waals surface area contributed by atoms with Crippen LogP contribution >= 0.6 is 11.6 Å². The summed E-state index contributed by atoms with van der Waals surface area (Å²) in [6.07, 6.45) is 2.50. The SMILES string of the molecule is CC1(C)CCC(CN)(Cc2ccc(Cl)cc2)C1O.